The van der Waals surface area contributed by atoms with Crippen LogP contribution in [0.3, 0.4) is 0 Å². The topological polar surface area (TPSA) is 51.8 Å². The normalized spacial score (nSPS) is 10.3. The summed E-state index contributed by atoms with van der Waals surface area (Å²) in [4.78, 5) is 0. The number of benzene rings is 1. The summed E-state index contributed by atoms with van der Waals surface area (Å²) in [5, 5.41) is 6.63. The highest BCUT2D eigenvalue weighted by atomic mass is 16.5. The van der Waals surface area contributed by atoms with Crippen LogP contribution in [0, 0.1) is 0 Å². The maximum atomic E-state index is 5.37. The fourth-order valence-corrected chi connectivity index (χ4v) is 1.81. The molecule has 0 saturated heterocycles. The van der Waals surface area contributed by atoms with Gasteiger partial charge in [0.15, 0.2) is 11.5 Å². The van der Waals surface area contributed by atoms with E-state index in [0.717, 1.165) is 37.5 Å². The molecule has 0 spiro atoms. The lowest BCUT2D eigenvalue weighted by Crippen LogP contribution is -2.26. The predicted molar refractivity (Wildman–Crippen MR) is 76.3 cm³/mol. The molecule has 0 atom stereocenters. The Kier molecular flexibility index (Phi) is 7.07. The Bertz CT molecular complexity index is 383. The second-order valence-electron chi connectivity index (χ2n) is 4.05. The Morgan fingerprint density at radius 2 is 1.42 bits per heavy atom. The van der Waals surface area contributed by atoms with Gasteiger partial charge in [0, 0.05) is 31.3 Å². The third kappa shape index (κ3) is 4.61. The van der Waals surface area contributed by atoms with Gasteiger partial charge in [0.1, 0.15) is 5.75 Å². The van der Waals surface area contributed by atoms with Crippen molar-refractivity contribution in [1.82, 2.24) is 10.6 Å². The highest BCUT2D eigenvalue weighted by molar-refractivity contribution is 5.50. The van der Waals surface area contributed by atoms with Crippen molar-refractivity contribution < 1.29 is 14.2 Å². The van der Waals surface area contributed by atoms with E-state index in [-0.39, 0.29) is 0 Å². The van der Waals surface area contributed by atoms with Crippen LogP contribution in [0.15, 0.2) is 12.1 Å². The Balaban J connectivity index is 2.70. The van der Waals surface area contributed by atoms with E-state index in [1.54, 1.807) is 21.3 Å². The van der Waals surface area contributed by atoms with Gasteiger partial charge in [-0.1, -0.05) is 6.92 Å². The van der Waals surface area contributed by atoms with Crippen LogP contribution in [0.4, 0.5) is 0 Å². The molecule has 1 aromatic rings. The minimum Gasteiger partial charge on any atom is -0.496 e. The van der Waals surface area contributed by atoms with Crippen LogP contribution in [0.5, 0.6) is 17.2 Å². The summed E-state index contributed by atoms with van der Waals surface area (Å²) in [6.07, 6.45) is 0. The lowest BCUT2D eigenvalue weighted by atomic mass is 10.1. The third-order valence-electron chi connectivity index (χ3n) is 2.83. The summed E-state index contributed by atoms with van der Waals surface area (Å²) >= 11 is 0. The molecule has 0 unspecified atom stereocenters. The van der Waals surface area contributed by atoms with E-state index in [9.17, 15) is 0 Å². The van der Waals surface area contributed by atoms with Crippen molar-refractivity contribution in [2.45, 2.75) is 13.5 Å². The van der Waals surface area contributed by atoms with Crippen LogP contribution in [0.1, 0.15) is 12.5 Å². The van der Waals surface area contributed by atoms with Crippen LogP contribution in [0.2, 0.25) is 0 Å². The molecule has 0 aliphatic carbocycles. The van der Waals surface area contributed by atoms with Gasteiger partial charge in [-0.3, -0.25) is 0 Å². The molecule has 0 radical (unpaired) electrons. The van der Waals surface area contributed by atoms with Crippen molar-refractivity contribution in [3.63, 3.8) is 0 Å². The zero-order valence-corrected chi connectivity index (χ0v) is 12.2. The van der Waals surface area contributed by atoms with Crippen molar-refractivity contribution in [3.05, 3.63) is 17.7 Å². The lowest BCUT2D eigenvalue weighted by molar-refractivity contribution is 0.347. The second kappa shape index (κ2) is 8.61. The number of ether oxygens (including phenoxy) is 3. The minimum absolute atomic E-state index is 0.677. The van der Waals surface area contributed by atoms with Gasteiger partial charge in [0.2, 0.25) is 0 Å². The standard InChI is InChI=1S/C14H24N2O3/c1-5-15-6-7-16-10-11-8-13(18-3)14(19-4)9-12(11)17-2/h8-9,15-16H,5-7,10H2,1-4H3. The number of nitrogens with one attached hydrogen (secondary N) is 2. The lowest BCUT2D eigenvalue weighted by Gasteiger charge is -2.14. The largest absolute Gasteiger partial charge is 0.496 e. The summed E-state index contributed by atoms with van der Waals surface area (Å²) in [5.74, 6) is 2.19. The maximum Gasteiger partial charge on any atom is 0.164 e. The van der Waals surface area contributed by atoms with E-state index in [2.05, 4.69) is 17.6 Å². The summed E-state index contributed by atoms with van der Waals surface area (Å²) in [6.45, 7) is 5.67. The highest BCUT2D eigenvalue weighted by Crippen LogP contribution is 2.34. The summed E-state index contributed by atoms with van der Waals surface area (Å²) in [6, 6.07) is 3.79. The van der Waals surface area contributed by atoms with Crippen LogP contribution in [-0.2, 0) is 6.54 Å². The number of hydrogen-bond donors (Lipinski definition) is 2. The van der Waals surface area contributed by atoms with Crippen LogP contribution in [-0.4, -0.2) is 41.0 Å². The molecule has 5 nitrogen and oxygen atoms in total. The smallest absolute Gasteiger partial charge is 0.164 e. The van der Waals surface area contributed by atoms with Gasteiger partial charge in [-0.05, 0) is 12.6 Å². The fourth-order valence-electron chi connectivity index (χ4n) is 1.81. The van der Waals surface area contributed by atoms with E-state index in [4.69, 9.17) is 14.2 Å². The molecule has 0 fully saturated rings. The minimum atomic E-state index is 0.677. The SMILES string of the molecule is CCNCCNCc1cc(OC)c(OC)cc1OC. The van der Waals surface area contributed by atoms with Crippen molar-refractivity contribution in [2.24, 2.45) is 0 Å². The Morgan fingerprint density at radius 1 is 0.842 bits per heavy atom. The molecule has 0 saturated carbocycles. The average molecular weight is 268 g/mol. The monoisotopic (exact) mass is 268 g/mol. The van der Waals surface area contributed by atoms with Crippen molar-refractivity contribution >= 4 is 0 Å². The Morgan fingerprint density at radius 3 is 2.00 bits per heavy atom. The summed E-state index contributed by atoms with van der Waals surface area (Å²) in [7, 11) is 4.90. The molecule has 0 aliphatic rings. The summed E-state index contributed by atoms with van der Waals surface area (Å²) in [5.41, 5.74) is 1.05. The summed E-state index contributed by atoms with van der Waals surface area (Å²) < 4.78 is 15.9. The van der Waals surface area contributed by atoms with E-state index < -0.39 is 0 Å². The van der Waals surface area contributed by atoms with E-state index in [1.807, 2.05) is 12.1 Å². The predicted octanol–water partition coefficient (Wildman–Crippen LogP) is 1.41. The fraction of sp³-hybridized carbons (Fsp3) is 0.571. The van der Waals surface area contributed by atoms with Crippen molar-refractivity contribution in [3.8, 4) is 17.2 Å². The maximum absolute atomic E-state index is 5.37. The molecule has 108 valence electrons. The van der Waals surface area contributed by atoms with Gasteiger partial charge >= 0.3 is 0 Å². The number of hydrogen-bond acceptors (Lipinski definition) is 5. The first kappa shape index (κ1) is 15.6. The molecule has 2 N–H and O–H groups in total. The van der Waals surface area contributed by atoms with E-state index in [0.29, 0.717) is 11.5 Å². The van der Waals surface area contributed by atoms with Crippen molar-refractivity contribution in [1.29, 1.82) is 0 Å². The quantitative estimate of drug-likeness (QED) is 0.663. The van der Waals surface area contributed by atoms with E-state index >= 15 is 0 Å². The van der Waals surface area contributed by atoms with Gasteiger partial charge < -0.3 is 24.8 Å². The first-order valence-corrected chi connectivity index (χ1v) is 6.47. The molecular formula is C14H24N2O3. The first-order valence-electron chi connectivity index (χ1n) is 6.47. The van der Waals surface area contributed by atoms with Gasteiger partial charge in [0.05, 0.1) is 21.3 Å². The molecule has 1 rings (SSSR count). The number of rotatable bonds is 9. The van der Waals surface area contributed by atoms with Gasteiger partial charge in [0.25, 0.3) is 0 Å². The van der Waals surface area contributed by atoms with Crippen LogP contribution >= 0.6 is 0 Å². The number of methoxy groups -OCH3 is 3. The molecule has 0 aromatic heterocycles. The molecule has 19 heavy (non-hydrogen) atoms. The first-order chi connectivity index (χ1) is 9.26. The third-order valence-corrected chi connectivity index (χ3v) is 2.83. The van der Waals surface area contributed by atoms with Crippen LogP contribution < -0.4 is 24.8 Å². The van der Waals surface area contributed by atoms with Gasteiger partial charge in [-0.15, -0.1) is 0 Å². The van der Waals surface area contributed by atoms with Crippen LogP contribution in [0.25, 0.3) is 0 Å². The second-order valence-corrected chi connectivity index (χ2v) is 4.05. The Labute approximate surface area is 115 Å². The molecule has 0 heterocycles. The number of likely N-dealkylation sites (N-methyl/N-ethyl adjacent to an activating group) is 1. The van der Waals surface area contributed by atoms with Gasteiger partial charge in [-0.25, -0.2) is 0 Å². The molecule has 0 aliphatic heterocycles. The van der Waals surface area contributed by atoms with Gasteiger partial charge in [-0.2, -0.15) is 0 Å². The zero-order chi connectivity index (χ0) is 14.1. The average Bonchev–Trinajstić information content (AvgIpc) is 2.46. The zero-order valence-electron chi connectivity index (χ0n) is 12.2. The van der Waals surface area contributed by atoms with E-state index in [1.165, 1.54) is 0 Å². The molecule has 0 amide bonds. The molecule has 0 bridgehead atoms. The molecule has 1 aromatic carbocycles. The Hall–Kier alpha value is -1.46. The molecule has 5 heteroatoms. The van der Waals surface area contributed by atoms with Crippen molar-refractivity contribution in [2.75, 3.05) is 41.0 Å². The highest BCUT2D eigenvalue weighted by Gasteiger charge is 2.11. The molecular weight excluding hydrogens is 244 g/mol.